The average molecular weight is 419 g/mol. The fourth-order valence-corrected chi connectivity index (χ4v) is 4.19. The highest BCUT2D eigenvalue weighted by Gasteiger charge is 2.42. The lowest BCUT2D eigenvalue weighted by atomic mass is 9.94. The number of likely N-dealkylation sites (N-methyl/N-ethyl adjacent to an activating group) is 2. The molecule has 1 aliphatic rings. The summed E-state index contributed by atoms with van der Waals surface area (Å²) in [6, 6.07) is 16.8. The van der Waals surface area contributed by atoms with Crippen molar-refractivity contribution in [1.82, 2.24) is 9.80 Å². The normalized spacial score (nSPS) is 19.5. The second-order valence-corrected chi connectivity index (χ2v) is 13.7. The molecule has 30 heavy (non-hydrogen) atoms. The Morgan fingerprint density at radius 3 is 1.93 bits per heavy atom. The van der Waals surface area contributed by atoms with Crippen molar-refractivity contribution in [3.8, 4) is 11.5 Å². The van der Waals surface area contributed by atoms with Crippen molar-refractivity contribution in [2.24, 2.45) is 0 Å². The largest absolute Gasteiger partial charge is 0.332 e. The van der Waals surface area contributed by atoms with E-state index in [4.69, 9.17) is 0 Å². The number of carbonyl (C=O) groups excluding carboxylic acids is 2. The van der Waals surface area contributed by atoms with Crippen molar-refractivity contribution in [3.05, 3.63) is 71.3 Å². The molecule has 0 saturated carbocycles. The molecular formula is C25H30N2O2Si. The number of hydrogen-bond acceptors (Lipinski definition) is 2. The summed E-state index contributed by atoms with van der Waals surface area (Å²) in [5, 5.41) is 0. The molecule has 156 valence electrons. The van der Waals surface area contributed by atoms with E-state index in [2.05, 4.69) is 31.1 Å². The molecule has 3 rings (SSSR count). The van der Waals surface area contributed by atoms with Crippen LogP contribution in [0, 0.1) is 11.5 Å². The molecule has 2 atom stereocenters. The lowest BCUT2D eigenvalue weighted by molar-refractivity contribution is -0.158. The topological polar surface area (TPSA) is 40.6 Å². The first-order valence-corrected chi connectivity index (χ1v) is 13.9. The summed E-state index contributed by atoms with van der Waals surface area (Å²) < 4.78 is 0. The molecule has 1 heterocycles. The van der Waals surface area contributed by atoms with Gasteiger partial charge >= 0.3 is 0 Å². The van der Waals surface area contributed by atoms with Gasteiger partial charge in [-0.25, -0.2) is 0 Å². The zero-order valence-electron chi connectivity index (χ0n) is 18.5. The molecule has 1 unspecified atom stereocenters. The van der Waals surface area contributed by atoms with E-state index in [1.807, 2.05) is 54.6 Å². The monoisotopic (exact) mass is 418 g/mol. The quantitative estimate of drug-likeness (QED) is 0.564. The molecule has 1 saturated heterocycles. The van der Waals surface area contributed by atoms with Crippen LogP contribution >= 0.6 is 0 Å². The number of hydrogen-bond donors (Lipinski definition) is 0. The van der Waals surface area contributed by atoms with Gasteiger partial charge in [0.15, 0.2) is 0 Å². The van der Waals surface area contributed by atoms with E-state index >= 15 is 0 Å². The fourth-order valence-electron chi connectivity index (χ4n) is 3.68. The number of piperazine rings is 1. The lowest BCUT2D eigenvalue weighted by Crippen LogP contribution is -2.63. The minimum atomic E-state index is -1.51. The summed E-state index contributed by atoms with van der Waals surface area (Å²) in [5.41, 5.74) is 6.41. The van der Waals surface area contributed by atoms with Crippen LogP contribution in [-0.2, 0) is 22.4 Å². The first kappa shape index (κ1) is 21.9. The molecule has 0 bridgehead atoms. The van der Waals surface area contributed by atoms with Crippen LogP contribution < -0.4 is 0 Å². The maximum absolute atomic E-state index is 13.2. The molecule has 2 aromatic rings. The van der Waals surface area contributed by atoms with Crippen LogP contribution in [0.5, 0.6) is 0 Å². The van der Waals surface area contributed by atoms with Crippen LogP contribution in [-0.4, -0.2) is 55.9 Å². The summed E-state index contributed by atoms with van der Waals surface area (Å²) >= 11 is 0. The lowest BCUT2D eigenvalue weighted by Gasteiger charge is -2.42. The molecule has 0 aromatic heterocycles. The Hall–Kier alpha value is -2.84. The Morgan fingerprint density at radius 2 is 1.33 bits per heavy atom. The highest BCUT2D eigenvalue weighted by atomic mass is 28.3. The summed E-state index contributed by atoms with van der Waals surface area (Å²) in [5.74, 6) is 3.28. The number of benzene rings is 2. The van der Waals surface area contributed by atoms with Gasteiger partial charge in [-0.05, 0) is 17.2 Å². The number of rotatable bonds is 4. The van der Waals surface area contributed by atoms with Crippen LogP contribution in [0.25, 0.3) is 0 Å². The third kappa shape index (κ3) is 5.01. The summed E-state index contributed by atoms with van der Waals surface area (Å²) in [4.78, 5) is 29.6. The van der Waals surface area contributed by atoms with Gasteiger partial charge in [-0.2, -0.15) is 0 Å². The number of nitrogens with zero attached hydrogens (tertiary/aromatic N) is 2. The predicted molar refractivity (Wildman–Crippen MR) is 124 cm³/mol. The van der Waals surface area contributed by atoms with Gasteiger partial charge in [-0.15, -0.1) is 5.54 Å². The van der Waals surface area contributed by atoms with Crippen molar-refractivity contribution in [2.75, 3.05) is 14.1 Å². The van der Waals surface area contributed by atoms with E-state index in [1.165, 1.54) is 0 Å². The molecule has 0 aliphatic carbocycles. The van der Waals surface area contributed by atoms with Gasteiger partial charge in [0, 0.05) is 32.5 Å². The second-order valence-electron chi connectivity index (χ2n) is 8.98. The number of amides is 2. The Morgan fingerprint density at radius 1 is 0.800 bits per heavy atom. The maximum atomic E-state index is 13.2. The third-order valence-electron chi connectivity index (χ3n) is 5.48. The van der Waals surface area contributed by atoms with Crippen molar-refractivity contribution >= 4 is 19.9 Å². The van der Waals surface area contributed by atoms with Crippen LogP contribution in [0.1, 0.15) is 16.7 Å². The molecule has 0 spiro atoms. The van der Waals surface area contributed by atoms with Crippen molar-refractivity contribution in [3.63, 3.8) is 0 Å². The van der Waals surface area contributed by atoms with Gasteiger partial charge in [-0.1, -0.05) is 74.1 Å². The van der Waals surface area contributed by atoms with Gasteiger partial charge in [-0.3, -0.25) is 9.59 Å². The van der Waals surface area contributed by atoms with E-state index < -0.39 is 20.2 Å². The minimum Gasteiger partial charge on any atom is -0.332 e. The average Bonchev–Trinajstić information content (AvgIpc) is 2.72. The molecule has 5 heteroatoms. The first-order chi connectivity index (χ1) is 14.2. The van der Waals surface area contributed by atoms with E-state index in [9.17, 15) is 9.59 Å². The van der Waals surface area contributed by atoms with Gasteiger partial charge in [0.25, 0.3) is 0 Å². The molecule has 1 aliphatic heterocycles. The standard InChI is InChI=1S/C25H30N2O2Si/c1-26-22(17-19-11-7-6-8-12-19)24(28)27(2)23(25(26)29)18-21-14-10-9-13-20(21)15-16-30(3,4)5/h6-14,22-23H,17-18H2,1-5H3/t22-,23?/m0/s1. The van der Waals surface area contributed by atoms with Gasteiger partial charge in [0.2, 0.25) is 11.8 Å². The predicted octanol–water partition coefficient (Wildman–Crippen LogP) is 3.37. The van der Waals surface area contributed by atoms with E-state index in [0.29, 0.717) is 12.8 Å². The molecule has 0 N–H and O–H groups in total. The van der Waals surface area contributed by atoms with Gasteiger partial charge < -0.3 is 9.80 Å². The van der Waals surface area contributed by atoms with Crippen LogP contribution in [0.15, 0.2) is 54.6 Å². The molecule has 1 fully saturated rings. The van der Waals surface area contributed by atoms with Gasteiger partial charge in [0.05, 0.1) is 0 Å². The van der Waals surface area contributed by atoms with Gasteiger partial charge in [0.1, 0.15) is 20.2 Å². The fraction of sp³-hybridized carbons (Fsp3) is 0.360. The number of carbonyl (C=O) groups is 2. The maximum Gasteiger partial charge on any atom is 0.246 e. The minimum absolute atomic E-state index is 0.0170. The smallest absolute Gasteiger partial charge is 0.246 e. The zero-order chi connectivity index (χ0) is 21.9. The van der Waals surface area contributed by atoms with Crippen molar-refractivity contribution in [1.29, 1.82) is 0 Å². The summed E-state index contributed by atoms with van der Waals surface area (Å²) in [6.07, 6.45) is 0.997. The van der Waals surface area contributed by atoms with Crippen molar-refractivity contribution in [2.45, 2.75) is 44.6 Å². The zero-order valence-corrected chi connectivity index (χ0v) is 19.5. The second kappa shape index (κ2) is 8.89. The molecule has 2 aromatic carbocycles. The Kier molecular flexibility index (Phi) is 6.48. The molecular weight excluding hydrogens is 388 g/mol. The van der Waals surface area contributed by atoms with Crippen LogP contribution in [0.2, 0.25) is 19.6 Å². The summed E-state index contributed by atoms with van der Waals surface area (Å²) in [6.45, 7) is 6.63. The Balaban J connectivity index is 1.83. The molecule has 4 nitrogen and oxygen atoms in total. The van der Waals surface area contributed by atoms with Crippen LogP contribution in [0.4, 0.5) is 0 Å². The highest BCUT2D eigenvalue weighted by molar-refractivity contribution is 6.83. The first-order valence-electron chi connectivity index (χ1n) is 10.4. The van der Waals surface area contributed by atoms with E-state index in [0.717, 1.165) is 16.7 Å². The van der Waals surface area contributed by atoms with E-state index in [-0.39, 0.29) is 11.8 Å². The Bertz CT molecular complexity index is 985. The highest BCUT2D eigenvalue weighted by Crippen LogP contribution is 2.23. The SMILES string of the molecule is CN1C(=O)[C@H](Cc2ccccc2)N(C)C(=O)C1Cc1ccccc1C#C[Si](C)(C)C. The molecule has 0 radical (unpaired) electrons. The summed E-state index contributed by atoms with van der Waals surface area (Å²) in [7, 11) is 1.97. The van der Waals surface area contributed by atoms with Crippen molar-refractivity contribution < 1.29 is 9.59 Å². The Labute approximate surface area is 180 Å². The third-order valence-corrected chi connectivity index (χ3v) is 6.35. The molecule has 2 amide bonds. The van der Waals surface area contributed by atoms with E-state index in [1.54, 1.807) is 23.9 Å². The van der Waals surface area contributed by atoms with Crippen LogP contribution in [0.3, 0.4) is 0 Å².